The molecule has 2 heterocycles. The molecular weight excluding hydrogens is 372 g/mol. The van der Waals surface area contributed by atoms with Gasteiger partial charge in [0.25, 0.3) is 5.91 Å². The van der Waals surface area contributed by atoms with Gasteiger partial charge in [0.2, 0.25) is 0 Å². The van der Waals surface area contributed by atoms with Gasteiger partial charge in [0.05, 0.1) is 5.56 Å². The Labute approximate surface area is 131 Å². The Hall–Kier alpha value is -0.730. The van der Waals surface area contributed by atoms with E-state index in [1.807, 2.05) is 27.5 Å². The van der Waals surface area contributed by atoms with Gasteiger partial charge in [-0.15, -0.1) is 0 Å². The lowest BCUT2D eigenvalue weighted by molar-refractivity contribution is 0.0226. The van der Waals surface area contributed by atoms with Gasteiger partial charge in [0.1, 0.15) is 5.82 Å². The summed E-state index contributed by atoms with van der Waals surface area (Å²) >= 11 is 2.02. The minimum absolute atomic E-state index is 0.0146. The van der Waals surface area contributed by atoms with Gasteiger partial charge in [0.15, 0.2) is 0 Å². The Kier molecular flexibility index (Phi) is 4.23. The van der Waals surface area contributed by atoms with Crippen molar-refractivity contribution in [2.45, 2.75) is 6.04 Å². The van der Waals surface area contributed by atoms with Crippen LogP contribution in [0.2, 0.25) is 0 Å². The first-order valence-corrected chi connectivity index (χ1v) is 7.92. The van der Waals surface area contributed by atoms with Crippen molar-refractivity contribution in [3.63, 3.8) is 0 Å². The Morgan fingerprint density at radius 3 is 2.65 bits per heavy atom. The van der Waals surface area contributed by atoms with Crippen LogP contribution in [-0.2, 0) is 0 Å². The van der Waals surface area contributed by atoms with E-state index in [0.717, 1.165) is 39.3 Å². The quantitative estimate of drug-likeness (QED) is 0.772. The minimum Gasteiger partial charge on any atom is -0.335 e. The summed E-state index contributed by atoms with van der Waals surface area (Å²) in [7, 11) is 0. The lowest BCUT2D eigenvalue weighted by atomic mass is 10.0. The minimum atomic E-state index is -0.298. The third-order valence-electron chi connectivity index (χ3n) is 3.98. The first-order chi connectivity index (χ1) is 9.65. The summed E-state index contributed by atoms with van der Waals surface area (Å²) in [5.74, 6) is -0.283. The van der Waals surface area contributed by atoms with Crippen molar-refractivity contribution >= 4 is 28.5 Å². The number of benzene rings is 1. The van der Waals surface area contributed by atoms with Crippen LogP contribution in [0.4, 0.5) is 4.39 Å². The Bertz CT molecular complexity index is 513. The average Bonchev–Trinajstić information content (AvgIpc) is 2.38. The molecule has 0 unspecified atom stereocenters. The first kappa shape index (κ1) is 14.2. The van der Waals surface area contributed by atoms with E-state index in [9.17, 15) is 9.18 Å². The van der Waals surface area contributed by atoms with Crippen molar-refractivity contribution in [3.8, 4) is 0 Å². The van der Waals surface area contributed by atoms with Gasteiger partial charge in [-0.3, -0.25) is 9.69 Å². The molecule has 0 aliphatic carbocycles. The van der Waals surface area contributed by atoms with Crippen molar-refractivity contribution in [1.82, 2.24) is 15.1 Å². The van der Waals surface area contributed by atoms with Crippen LogP contribution in [0, 0.1) is 9.39 Å². The molecule has 108 valence electrons. The fourth-order valence-corrected chi connectivity index (χ4v) is 3.44. The van der Waals surface area contributed by atoms with E-state index in [0.29, 0.717) is 15.2 Å². The Balaban J connectivity index is 1.60. The highest BCUT2D eigenvalue weighted by molar-refractivity contribution is 14.1. The van der Waals surface area contributed by atoms with E-state index in [-0.39, 0.29) is 11.7 Å². The zero-order chi connectivity index (χ0) is 14.1. The Morgan fingerprint density at radius 1 is 1.30 bits per heavy atom. The summed E-state index contributed by atoms with van der Waals surface area (Å²) in [5, 5.41) is 3.33. The van der Waals surface area contributed by atoms with Crippen LogP contribution in [-0.4, -0.2) is 61.0 Å². The number of likely N-dealkylation sites (tertiary alicyclic amines) is 1. The topological polar surface area (TPSA) is 35.6 Å². The van der Waals surface area contributed by atoms with E-state index in [1.165, 1.54) is 12.1 Å². The van der Waals surface area contributed by atoms with Crippen LogP contribution in [0.25, 0.3) is 0 Å². The van der Waals surface area contributed by atoms with Gasteiger partial charge in [-0.05, 0) is 40.8 Å². The van der Waals surface area contributed by atoms with Gasteiger partial charge in [-0.25, -0.2) is 4.39 Å². The second kappa shape index (κ2) is 5.95. The Morgan fingerprint density at radius 2 is 2.00 bits per heavy atom. The third kappa shape index (κ3) is 2.82. The first-order valence-electron chi connectivity index (χ1n) is 6.84. The van der Waals surface area contributed by atoms with Crippen LogP contribution >= 0.6 is 22.6 Å². The molecule has 3 rings (SSSR count). The maximum absolute atomic E-state index is 13.1. The fraction of sp³-hybridized carbons (Fsp3) is 0.500. The maximum atomic E-state index is 13.1. The molecule has 1 N–H and O–H groups in total. The molecule has 2 aliphatic rings. The van der Waals surface area contributed by atoms with Gasteiger partial charge >= 0.3 is 0 Å². The molecule has 20 heavy (non-hydrogen) atoms. The zero-order valence-electron chi connectivity index (χ0n) is 11.1. The fourth-order valence-electron chi connectivity index (χ4n) is 2.73. The second-order valence-electron chi connectivity index (χ2n) is 5.27. The number of carbonyl (C=O) groups excluding carboxylic acids is 1. The number of nitrogens with one attached hydrogen (secondary N) is 1. The molecule has 2 saturated heterocycles. The summed E-state index contributed by atoms with van der Waals surface area (Å²) in [6.45, 7) is 5.74. The molecule has 2 fully saturated rings. The average molecular weight is 389 g/mol. The molecule has 1 aromatic carbocycles. The maximum Gasteiger partial charge on any atom is 0.255 e. The lowest BCUT2D eigenvalue weighted by Gasteiger charge is -2.46. The standard InChI is InChI=1S/C14H17FIN3O/c15-10-1-2-12(13(16)7-10)14(20)19-8-11(9-19)18-5-3-17-4-6-18/h1-2,7,11,17H,3-6,8-9H2. The normalized spacial score (nSPS) is 20.8. The molecule has 2 aliphatic heterocycles. The van der Waals surface area contributed by atoms with Crippen molar-refractivity contribution in [2.75, 3.05) is 39.3 Å². The molecule has 6 heteroatoms. The van der Waals surface area contributed by atoms with Gasteiger partial charge in [-0.2, -0.15) is 0 Å². The smallest absolute Gasteiger partial charge is 0.255 e. The van der Waals surface area contributed by atoms with Crippen LogP contribution in [0.1, 0.15) is 10.4 Å². The summed E-state index contributed by atoms with van der Waals surface area (Å²) in [6.07, 6.45) is 0. The molecule has 1 amide bonds. The zero-order valence-corrected chi connectivity index (χ0v) is 13.3. The summed E-state index contributed by atoms with van der Waals surface area (Å²) < 4.78 is 13.7. The van der Waals surface area contributed by atoms with Crippen molar-refractivity contribution in [2.24, 2.45) is 0 Å². The molecule has 0 radical (unpaired) electrons. The number of nitrogens with zero attached hydrogens (tertiary/aromatic N) is 2. The van der Waals surface area contributed by atoms with Crippen LogP contribution in [0.15, 0.2) is 18.2 Å². The summed E-state index contributed by atoms with van der Waals surface area (Å²) in [5.41, 5.74) is 0.603. The van der Waals surface area contributed by atoms with Gasteiger partial charge in [-0.1, -0.05) is 0 Å². The van der Waals surface area contributed by atoms with Crippen LogP contribution in [0.5, 0.6) is 0 Å². The highest BCUT2D eigenvalue weighted by Gasteiger charge is 2.35. The number of piperazine rings is 1. The number of amides is 1. The predicted molar refractivity (Wildman–Crippen MR) is 83.3 cm³/mol. The van der Waals surface area contributed by atoms with E-state index in [1.54, 1.807) is 6.07 Å². The predicted octanol–water partition coefficient (Wildman–Crippen LogP) is 1.16. The molecule has 0 bridgehead atoms. The lowest BCUT2D eigenvalue weighted by Crippen LogP contribution is -2.63. The second-order valence-corrected chi connectivity index (χ2v) is 6.44. The molecule has 0 saturated carbocycles. The van der Waals surface area contributed by atoms with Crippen molar-refractivity contribution < 1.29 is 9.18 Å². The molecule has 1 aromatic rings. The highest BCUT2D eigenvalue weighted by atomic mass is 127. The molecular formula is C14H17FIN3O. The molecule has 4 nitrogen and oxygen atoms in total. The molecule has 0 spiro atoms. The van der Waals surface area contributed by atoms with Gasteiger partial charge < -0.3 is 10.2 Å². The number of rotatable bonds is 2. The van der Waals surface area contributed by atoms with Crippen molar-refractivity contribution in [1.29, 1.82) is 0 Å². The van der Waals surface area contributed by atoms with E-state index in [4.69, 9.17) is 0 Å². The van der Waals surface area contributed by atoms with E-state index in [2.05, 4.69) is 10.2 Å². The van der Waals surface area contributed by atoms with Crippen molar-refractivity contribution in [3.05, 3.63) is 33.1 Å². The van der Waals surface area contributed by atoms with Crippen LogP contribution in [0.3, 0.4) is 0 Å². The summed E-state index contributed by atoms with van der Waals surface area (Å²) in [6, 6.07) is 4.82. The largest absolute Gasteiger partial charge is 0.335 e. The molecule has 0 atom stereocenters. The number of halogens is 2. The monoisotopic (exact) mass is 389 g/mol. The number of hydrogen-bond donors (Lipinski definition) is 1. The van der Waals surface area contributed by atoms with E-state index < -0.39 is 0 Å². The van der Waals surface area contributed by atoms with Gasteiger partial charge in [0, 0.05) is 48.9 Å². The van der Waals surface area contributed by atoms with Crippen LogP contribution < -0.4 is 5.32 Å². The van der Waals surface area contributed by atoms with E-state index >= 15 is 0 Å². The highest BCUT2D eigenvalue weighted by Crippen LogP contribution is 2.21. The number of hydrogen-bond acceptors (Lipinski definition) is 3. The SMILES string of the molecule is O=C(c1ccc(F)cc1I)N1CC(N2CCNCC2)C1. The number of carbonyl (C=O) groups is 1. The summed E-state index contributed by atoms with van der Waals surface area (Å²) in [4.78, 5) is 16.6. The third-order valence-corrected chi connectivity index (χ3v) is 4.87. The molecule has 0 aromatic heterocycles.